The summed E-state index contributed by atoms with van der Waals surface area (Å²) in [5, 5.41) is 9.37. The van der Waals surface area contributed by atoms with Gasteiger partial charge in [0.2, 0.25) is 0 Å². The first kappa shape index (κ1) is 11.2. The maximum Gasteiger partial charge on any atom is 0.146 e. The van der Waals surface area contributed by atoms with Gasteiger partial charge in [-0.15, -0.1) is 10.2 Å². The van der Waals surface area contributed by atoms with Crippen molar-refractivity contribution < 1.29 is 0 Å². The number of rotatable bonds is 3. The number of benzene rings is 1. The van der Waals surface area contributed by atoms with Crippen LogP contribution < -0.4 is 5.73 Å². The van der Waals surface area contributed by atoms with Crippen molar-refractivity contribution in [3.8, 4) is 0 Å². The number of nitrogens with zero attached hydrogens (tertiary/aromatic N) is 2. The predicted molar refractivity (Wildman–Crippen MR) is 67.5 cm³/mol. The highest BCUT2D eigenvalue weighted by molar-refractivity contribution is 7.98. The van der Waals surface area contributed by atoms with E-state index in [1.807, 2.05) is 30.3 Å². The highest BCUT2D eigenvalue weighted by Crippen LogP contribution is 2.24. The molecule has 0 saturated carbocycles. The Morgan fingerprint density at radius 1 is 1.12 bits per heavy atom. The Balaban J connectivity index is 2.02. The van der Waals surface area contributed by atoms with Crippen LogP contribution in [-0.4, -0.2) is 10.2 Å². The van der Waals surface area contributed by atoms with Crippen LogP contribution in [0, 0.1) is 0 Å². The van der Waals surface area contributed by atoms with Gasteiger partial charge in [0.05, 0.1) is 0 Å². The first-order valence-electron chi connectivity index (χ1n) is 4.71. The lowest BCUT2D eigenvalue weighted by Crippen LogP contribution is -1.93. The van der Waals surface area contributed by atoms with E-state index in [-0.39, 0.29) is 0 Å². The van der Waals surface area contributed by atoms with Crippen LogP contribution >= 0.6 is 23.4 Å². The van der Waals surface area contributed by atoms with Gasteiger partial charge in [0, 0.05) is 10.8 Å². The number of aromatic nitrogens is 2. The molecule has 16 heavy (non-hydrogen) atoms. The molecule has 0 atom stereocenters. The van der Waals surface area contributed by atoms with E-state index in [1.165, 1.54) is 0 Å². The molecule has 0 fully saturated rings. The maximum atomic E-state index is 6.05. The van der Waals surface area contributed by atoms with Crippen LogP contribution in [0.3, 0.4) is 0 Å². The second-order valence-corrected chi connectivity index (χ2v) is 4.58. The van der Waals surface area contributed by atoms with Crippen molar-refractivity contribution in [3.63, 3.8) is 0 Å². The molecule has 0 radical (unpaired) electrons. The van der Waals surface area contributed by atoms with Gasteiger partial charge in [-0.3, -0.25) is 0 Å². The Labute approximate surface area is 103 Å². The summed E-state index contributed by atoms with van der Waals surface area (Å²) in [6, 6.07) is 11.4. The van der Waals surface area contributed by atoms with Crippen LogP contribution in [0.5, 0.6) is 0 Å². The molecular formula is C11H10ClN3S. The van der Waals surface area contributed by atoms with Crippen LogP contribution in [0.25, 0.3) is 0 Å². The van der Waals surface area contributed by atoms with Crippen LogP contribution in [-0.2, 0) is 5.75 Å². The minimum absolute atomic E-state index is 0.432. The number of nitrogen functional groups attached to an aromatic ring is 1. The fourth-order valence-electron chi connectivity index (χ4n) is 1.17. The van der Waals surface area contributed by atoms with Crippen molar-refractivity contribution in [2.45, 2.75) is 10.8 Å². The second-order valence-electron chi connectivity index (χ2n) is 3.18. The zero-order valence-corrected chi connectivity index (χ0v) is 10.0. The molecule has 0 saturated heterocycles. The second kappa shape index (κ2) is 5.18. The van der Waals surface area contributed by atoms with Gasteiger partial charge in [-0.2, -0.15) is 0 Å². The summed E-state index contributed by atoms with van der Waals surface area (Å²) in [4.78, 5) is 0. The molecule has 82 valence electrons. The van der Waals surface area contributed by atoms with Crippen LogP contribution in [0.2, 0.25) is 5.02 Å². The molecule has 0 bridgehead atoms. The number of halogens is 1. The first-order chi connectivity index (χ1) is 7.75. The molecule has 0 unspecified atom stereocenters. The van der Waals surface area contributed by atoms with Crippen molar-refractivity contribution in [2.24, 2.45) is 0 Å². The Kier molecular flexibility index (Phi) is 3.64. The first-order valence-corrected chi connectivity index (χ1v) is 6.07. The van der Waals surface area contributed by atoms with Crippen molar-refractivity contribution in [3.05, 3.63) is 47.0 Å². The topological polar surface area (TPSA) is 51.8 Å². The lowest BCUT2D eigenvalue weighted by atomic mass is 10.2. The fraction of sp³-hybridized carbons (Fsp3) is 0.0909. The lowest BCUT2D eigenvalue weighted by molar-refractivity contribution is 0.938. The summed E-state index contributed by atoms with van der Waals surface area (Å²) >= 11 is 7.63. The molecule has 2 aromatic rings. The molecule has 0 aliphatic rings. The van der Waals surface area contributed by atoms with Gasteiger partial charge in [-0.25, -0.2) is 0 Å². The smallest absolute Gasteiger partial charge is 0.146 e. The van der Waals surface area contributed by atoms with E-state index in [9.17, 15) is 0 Å². The third-order valence-corrected chi connectivity index (χ3v) is 3.33. The quantitative estimate of drug-likeness (QED) is 0.852. The zero-order valence-electron chi connectivity index (χ0n) is 8.43. The summed E-state index contributed by atoms with van der Waals surface area (Å²) < 4.78 is 0. The molecule has 0 aliphatic heterocycles. The van der Waals surface area contributed by atoms with E-state index >= 15 is 0 Å². The molecule has 2 N–H and O–H groups in total. The molecule has 1 aromatic carbocycles. The van der Waals surface area contributed by atoms with E-state index in [1.54, 1.807) is 17.8 Å². The number of nitrogens with two attached hydrogens (primary N) is 1. The van der Waals surface area contributed by atoms with E-state index in [0.717, 1.165) is 21.4 Å². The van der Waals surface area contributed by atoms with E-state index in [4.69, 9.17) is 17.3 Å². The average molecular weight is 252 g/mol. The minimum Gasteiger partial charge on any atom is -0.382 e. The zero-order chi connectivity index (χ0) is 11.4. The molecule has 1 aromatic heterocycles. The summed E-state index contributed by atoms with van der Waals surface area (Å²) in [6.07, 6.45) is 0. The van der Waals surface area contributed by atoms with Crippen molar-refractivity contribution >= 4 is 29.2 Å². The predicted octanol–water partition coefficient (Wildman–Crippen LogP) is 3.00. The molecule has 1 heterocycles. The molecule has 0 amide bonds. The van der Waals surface area contributed by atoms with Crippen LogP contribution in [0.15, 0.2) is 41.4 Å². The highest BCUT2D eigenvalue weighted by atomic mass is 35.5. The average Bonchev–Trinajstić information content (AvgIpc) is 2.30. The summed E-state index contributed by atoms with van der Waals surface area (Å²) in [7, 11) is 0. The maximum absolute atomic E-state index is 6.05. The van der Waals surface area contributed by atoms with Gasteiger partial charge in [0.25, 0.3) is 0 Å². The molecule has 0 spiro atoms. The fourth-order valence-corrected chi connectivity index (χ4v) is 2.27. The highest BCUT2D eigenvalue weighted by Gasteiger charge is 2.01. The summed E-state index contributed by atoms with van der Waals surface area (Å²) in [6.45, 7) is 0. The van der Waals surface area contributed by atoms with E-state index < -0.39 is 0 Å². The Morgan fingerprint density at radius 3 is 2.62 bits per heavy atom. The van der Waals surface area contributed by atoms with Gasteiger partial charge in [-0.1, -0.05) is 41.6 Å². The molecule has 3 nitrogen and oxygen atoms in total. The number of anilines is 1. The standard InChI is InChI=1S/C11H10ClN3S/c12-9-4-2-1-3-8(9)7-16-11-6-5-10(13)14-15-11/h1-6H,7H2,(H2,13,14). The SMILES string of the molecule is Nc1ccc(SCc2ccccc2Cl)nn1. The van der Waals surface area contributed by atoms with Gasteiger partial charge in [0.15, 0.2) is 0 Å². The van der Waals surface area contributed by atoms with Crippen molar-refractivity contribution in [2.75, 3.05) is 5.73 Å². The Bertz CT molecular complexity index is 473. The van der Waals surface area contributed by atoms with Gasteiger partial charge in [-0.05, 0) is 23.8 Å². The summed E-state index contributed by atoms with van der Waals surface area (Å²) in [5.41, 5.74) is 6.54. The Hall–Kier alpha value is -1.26. The van der Waals surface area contributed by atoms with E-state index in [0.29, 0.717) is 5.82 Å². The number of hydrogen-bond acceptors (Lipinski definition) is 4. The largest absolute Gasteiger partial charge is 0.382 e. The summed E-state index contributed by atoms with van der Waals surface area (Å²) in [5.74, 6) is 1.21. The minimum atomic E-state index is 0.432. The van der Waals surface area contributed by atoms with Crippen molar-refractivity contribution in [1.82, 2.24) is 10.2 Å². The third kappa shape index (κ3) is 2.87. The molecule has 0 aliphatic carbocycles. The van der Waals surface area contributed by atoms with Crippen molar-refractivity contribution in [1.29, 1.82) is 0 Å². The lowest BCUT2D eigenvalue weighted by Gasteiger charge is -2.02. The van der Waals surface area contributed by atoms with Gasteiger partial charge < -0.3 is 5.73 Å². The number of thioether (sulfide) groups is 1. The molecule has 2 rings (SSSR count). The van der Waals surface area contributed by atoms with Gasteiger partial charge >= 0.3 is 0 Å². The monoisotopic (exact) mass is 251 g/mol. The normalized spacial score (nSPS) is 10.3. The molecule has 5 heteroatoms. The van der Waals surface area contributed by atoms with Crippen LogP contribution in [0.1, 0.15) is 5.56 Å². The molecular weight excluding hydrogens is 242 g/mol. The van der Waals surface area contributed by atoms with Gasteiger partial charge in [0.1, 0.15) is 10.8 Å². The van der Waals surface area contributed by atoms with E-state index in [2.05, 4.69) is 10.2 Å². The van der Waals surface area contributed by atoms with Crippen LogP contribution in [0.4, 0.5) is 5.82 Å². The number of hydrogen-bond donors (Lipinski definition) is 1. The third-order valence-electron chi connectivity index (χ3n) is 1.99. The Morgan fingerprint density at radius 2 is 1.94 bits per heavy atom.